The second-order valence-electron chi connectivity index (χ2n) is 13.8. The Morgan fingerprint density at radius 1 is 0.278 bits per heavy atom. The summed E-state index contributed by atoms with van der Waals surface area (Å²) in [5, 5.41) is 8.78. The Hall–Kier alpha value is -7.30. The molecule has 0 saturated heterocycles. The van der Waals surface area contributed by atoms with Crippen molar-refractivity contribution in [1.29, 1.82) is 0 Å². The molecule has 2 heterocycles. The molecule has 0 unspecified atom stereocenters. The highest BCUT2D eigenvalue weighted by Crippen LogP contribution is 2.46. The van der Waals surface area contributed by atoms with E-state index < -0.39 is 0 Å². The SMILES string of the molecule is c1ccc(N(c2ccccc2)c2ccc3cc4c(cc3c2)oc2cc3c(cc24)oc2cc(N(c4ccccc4)c4ccccc4)c4ccccc4c23)cc1. The molecule has 0 N–H and O–H groups in total. The summed E-state index contributed by atoms with van der Waals surface area (Å²) < 4.78 is 13.5. The number of hydrogen-bond donors (Lipinski definition) is 0. The molecule has 0 aliphatic heterocycles. The molecule has 2 aromatic heterocycles. The van der Waals surface area contributed by atoms with Crippen molar-refractivity contribution in [2.24, 2.45) is 0 Å². The van der Waals surface area contributed by atoms with E-state index in [-0.39, 0.29) is 0 Å². The third kappa shape index (κ3) is 4.85. The first-order valence-electron chi connectivity index (χ1n) is 18.3. The highest BCUT2D eigenvalue weighted by molar-refractivity contribution is 6.25. The van der Waals surface area contributed by atoms with Gasteiger partial charge in [-0.05, 0) is 101 Å². The summed E-state index contributed by atoms with van der Waals surface area (Å²) in [5.41, 5.74) is 9.90. The molecule has 0 spiro atoms. The molecular formula is C50H32N2O2. The second-order valence-corrected chi connectivity index (χ2v) is 13.8. The van der Waals surface area contributed by atoms with Crippen molar-refractivity contribution >= 4 is 99.5 Å². The molecule has 0 radical (unpaired) electrons. The minimum Gasteiger partial charge on any atom is -0.456 e. The third-order valence-corrected chi connectivity index (χ3v) is 10.5. The predicted octanol–water partition coefficient (Wildman–Crippen LogP) is 14.7. The van der Waals surface area contributed by atoms with Gasteiger partial charge in [0, 0.05) is 61.4 Å². The maximum absolute atomic E-state index is 6.79. The molecule has 0 atom stereocenters. The normalized spacial score (nSPS) is 11.7. The maximum atomic E-state index is 6.79. The van der Waals surface area contributed by atoms with Crippen LogP contribution in [0, 0.1) is 0 Å². The second kappa shape index (κ2) is 12.1. The molecule has 9 aromatic carbocycles. The summed E-state index contributed by atoms with van der Waals surface area (Å²) >= 11 is 0. The largest absolute Gasteiger partial charge is 0.456 e. The molecular weight excluding hydrogens is 661 g/mol. The summed E-state index contributed by atoms with van der Waals surface area (Å²) in [6, 6.07) is 68.2. The monoisotopic (exact) mass is 692 g/mol. The van der Waals surface area contributed by atoms with Crippen molar-refractivity contribution in [1.82, 2.24) is 0 Å². The fourth-order valence-corrected chi connectivity index (χ4v) is 8.13. The van der Waals surface area contributed by atoms with Crippen molar-refractivity contribution in [2.75, 3.05) is 9.80 Å². The molecule has 254 valence electrons. The lowest BCUT2D eigenvalue weighted by molar-refractivity contribution is 0.664. The van der Waals surface area contributed by atoms with Crippen LogP contribution in [-0.4, -0.2) is 0 Å². The fraction of sp³-hybridized carbons (Fsp3) is 0. The van der Waals surface area contributed by atoms with Gasteiger partial charge in [-0.2, -0.15) is 0 Å². The van der Waals surface area contributed by atoms with Crippen LogP contribution in [0.3, 0.4) is 0 Å². The van der Waals surface area contributed by atoms with E-state index in [1.807, 2.05) is 0 Å². The number of benzene rings is 9. The van der Waals surface area contributed by atoms with Crippen LogP contribution in [0.15, 0.2) is 203 Å². The summed E-state index contributed by atoms with van der Waals surface area (Å²) in [5.74, 6) is 0. The van der Waals surface area contributed by atoms with Gasteiger partial charge in [-0.25, -0.2) is 0 Å². The molecule has 11 aromatic rings. The first kappa shape index (κ1) is 30.3. The Morgan fingerprint density at radius 3 is 1.39 bits per heavy atom. The molecule has 4 nitrogen and oxygen atoms in total. The van der Waals surface area contributed by atoms with Gasteiger partial charge in [0.2, 0.25) is 0 Å². The van der Waals surface area contributed by atoms with Crippen molar-refractivity contribution in [3.05, 3.63) is 194 Å². The quantitative estimate of drug-likeness (QED) is 0.174. The molecule has 0 fully saturated rings. The Labute approximate surface area is 311 Å². The van der Waals surface area contributed by atoms with Gasteiger partial charge in [0.25, 0.3) is 0 Å². The fourth-order valence-electron chi connectivity index (χ4n) is 8.13. The Balaban J connectivity index is 1.08. The summed E-state index contributed by atoms with van der Waals surface area (Å²) in [6.07, 6.45) is 0. The number of rotatable bonds is 6. The molecule has 0 saturated carbocycles. The Morgan fingerprint density at radius 2 is 0.759 bits per heavy atom. The van der Waals surface area contributed by atoms with Gasteiger partial charge in [-0.1, -0.05) is 103 Å². The van der Waals surface area contributed by atoms with Gasteiger partial charge in [0.1, 0.15) is 22.3 Å². The van der Waals surface area contributed by atoms with Crippen LogP contribution in [0.25, 0.3) is 65.4 Å². The van der Waals surface area contributed by atoms with E-state index in [1.165, 1.54) is 0 Å². The van der Waals surface area contributed by atoms with Gasteiger partial charge in [0.05, 0.1) is 5.69 Å². The zero-order valence-corrected chi connectivity index (χ0v) is 29.2. The van der Waals surface area contributed by atoms with E-state index in [0.717, 1.165) is 99.5 Å². The summed E-state index contributed by atoms with van der Waals surface area (Å²) in [4.78, 5) is 4.60. The van der Waals surface area contributed by atoms with Crippen LogP contribution in [0.5, 0.6) is 0 Å². The van der Waals surface area contributed by atoms with Crippen LogP contribution in [0.2, 0.25) is 0 Å². The number of fused-ring (bicyclic) bond motifs is 9. The minimum absolute atomic E-state index is 0.838. The van der Waals surface area contributed by atoms with Gasteiger partial charge < -0.3 is 18.6 Å². The van der Waals surface area contributed by atoms with Gasteiger partial charge >= 0.3 is 0 Å². The molecule has 4 heteroatoms. The van der Waals surface area contributed by atoms with Crippen LogP contribution >= 0.6 is 0 Å². The number of furan rings is 2. The van der Waals surface area contributed by atoms with Crippen molar-refractivity contribution in [3.8, 4) is 0 Å². The van der Waals surface area contributed by atoms with E-state index in [1.54, 1.807) is 0 Å². The topological polar surface area (TPSA) is 32.8 Å². The Kier molecular flexibility index (Phi) is 6.82. The number of para-hydroxylation sites is 4. The van der Waals surface area contributed by atoms with Gasteiger partial charge in [-0.3, -0.25) is 0 Å². The summed E-state index contributed by atoms with van der Waals surface area (Å²) in [7, 11) is 0. The zero-order chi connectivity index (χ0) is 35.6. The lowest BCUT2D eigenvalue weighted by Crippen LogP contribution is -2.10. The molecule has 0 amide bonds. The molecule has 11 rings (SSSR count). The van der Waals surface area contributed by atoms with E-state index in [0.29, 0.717) is 0 Å². The van der Waals surface area contributed by atoms with Crippen LogP contribution < -0.4 is 9.80 Å². The third-order valence-electron chi connectivity index (χ3n) is 10.5. The standard InChI is InChI=1S/C50H32N2O2/c1-5-15-35(16-6-1)51(36-17-7-2-8-18-36)39-26-25-33-28-42-43-30-48-44(31-47(43)53-46(42)29-34(33)27-39)50-41-24-14-13-23-40(41)45(32-49(50)54-48)52(37-19-9-3-10-20-37)38-21-11-4-12-22-38/h1-32H. The van der Waals surface area contributed by atoms with Crippen molar-refractivity contribution in [3.63, 3.8) is 0 Å². The van der Waals surface area contributed by atoms with Crippen molar-refractivity contribution < 1.29 is 8.83 Å². The minimum atomic E-state index is 0.838. The van der Waals surface area contributed by atoms with E-state index in [2.05, 4.69) is 204 Å². The van der Waals surface area contributed by atoms with E-state index in [9.17, 15) is 0 Å². The van der Waals surface area contributed by atoms with Crippen LogP contribution in [-0.2, 0) is 0 Å². The zero-order valence-electron chi connectivity index (χ0n) is 29.2. The predicted molar refractivity (Wildman–Crippen MR) is 225 cm³/mol. The maximum Gasteiger partial charge on any atom is 0.138 e. The first-order valence-corrected chi connectivity index (χ1v) is 18.3. The highest BCUT2D eigenvalue weighted by Gasteiger charge is 2.22. The van der Waals surface area contributed by atoms with E-state index >= 15 is 0 Å². The van der Waals surface area contributed by atoms with Gasteiger partial charge in [-0.15, -0.1) is 0 Å². The molecule has 0 bridgehead atoms. The number of hydrogen-bond acceptors (Lipinski definition) is 4. The average molecular weight is 693 g/mol. The number of anilines is 6. The van der Waals surface area contributed by atoms with Crippen LogP contribution in [0.1, 0.15) is 0 Å². The van der Waals surface area contributed by atoms with Crippen LogP contribution in [0.4, 0.5) is 34.1 Å². The lowest BCUT2D eigenvalue weighted by Gasteiger charge is -2.26. The first-order chi connectivity index (χ1) is 26.8. The van der Waals surface area contributed by atoms with Crippen molar-refractivity contribution in [2.45, 2.75) is 0 Å². The summed E-state index contributed by atoms with van der Waals surface area (Å²) in [6.45, 7) is 0. The number of nitrogens with zero attached hydrogens (tertiary/aromatic N) is 2. The van der Waals surface area contributed by atoms with Gasteiger partial charge in [0.15, 0.2) is 0 Å². The average Bonchev–Trinajstić information content (AvgIpc) is 3.77. The Bertz CT molecular complexity index is 3070. The highest BCUT2D eigenvalue weighted by atomic mass is 16.3. The molecule has 54 heavy (non-hydrogen) atoms. The smallest absolute Gasteiger partial charge is 0.138 e. The lowest BCUT2D eigenvalue weighted by atomic mass is 10.00. The van der Waals surface area contributed by atoms with E-state index in [4.69, 9.17) is 8.83 Å². The molecule has 0 aliphatic carbocycles. The molecule has 0 aliphatic rings.